The number of amides is 3. The maximum absolute atomic E-state index is 12.4. The van der Waals surface area contributed by atoms with Crippen LogP contribution < -0.4 is 25.4 Å². The van der Waals surface area contributed by atoms with Crippen molar-refractivity contribution in [2.24, 2.45) is 0 Å². The lowest BCUT2D eigenvalue weighted by atomic mass is 10.2. The zero-order valence-electron chi connectivity index (χ0n) is 18.2. The molecule has 3 rings (SSSR count). The lowest BCUT2D eigenvalue weighted by Gasteiger charge is -2.15. The Morgan fingerprint density at radius 2 is 1.79 bits per heavy atom. The second kappa shape index (κ2) is 10.9. The number of carbonyl (C=O) groups excluding carboxylic acids is 2. The zero-order valence-corrected chi connectivity index (χ0v) is 19.7. The quantitative estimate of drug-likeness (QED) is 0.425. The highest BCUT2D eigenvalue weighted by molar-refractivity contribution is 6.38. The van der Waals surface area contributed by atoms with Crippen LogP contribution in [0, 0.1) is 6.92 Å². The second-order valence-corrected chi connectivity index (χ2v) is 7.67. The van der Waals surface area contributed by atoms with Gasteiger partial charge in [0.25, 0.3) is 5.91 Å². The number of anilines is 1. The lowest BCUT2D eigenvalue weighted by molar-refractivity contribution is 0.0958. The number of urea groups is 1. The maximum Gasteiger partial charge on any atom is 0.319 e. The van der Waals surface area contributed by atoms with Gasteiger partial charge in [-0.05, 0) is 36.2 Å². The van der Waals surface area contributed by atoms with Crippen molar-refractivity contribution in [3.05, 3.63) is 75.5 Å². The van der Waals surface area contributed by atoms with Gasteiger partial charge in [-0.3, -0.25) is 9.78 Å². The third-order valence-electron chi connectivity index (χ3n) is 4.67. The first-order valence-electron chi connectivity index (χ1n) is 9.84. The van der Waals surface area contributed by atoms with Crippen molar-refractivity contribution in [2.45, 2.75) is 13.5 Å². The maximum atomic E-state index is 12.4. The van der Waals surface area contributed by atoms with Gasteiger partial charge in [-0.1, -0.05) is 35.3 Å². The second-order valence-electron chi connectivity index (χ2n) is 6.88. The number of hydrogen-bond acceptors (Lipinski definition) is 5. The summed E-state index contributed by atoms with van der Waals surface area (Å²) in [5, 5.41) is 8.74. The van der Waals surface area contributed by atoms with Gasteiger partial charge in [0.15, 0.2) is 0 Å². The number of aromatic nitrogens is 1. The number of methoxy groups -OCH3 is 1. The van der Waals surface area contributed by atoms with E-state index in [1.807, 2.05) is 12.1 Å². The van der Waals surface area contributed by atoms with Crippen molar-refractivity contribution < 1.29 is 19.1 Å². The molecule has 0 aliphatic heterocycles. The molecule has 3 N–H and O–H groups in total. The van der Waals surface area contributed by atoms with E-state index < -0.39 is 6.03 Å². The molecule has 0 bridgehead atoms. The standard InChI is InChI=1S/C23H22Cl2N4O4/c1-13-17(24)11-19(32-3)21(20(13)25)29-23(31)28-12-14-4-6-15(7-5-14)33-16-8-9-27-18(10-16)22(30)26-2/h4-11H,12H2,1-3H3,(H,26,30)(H2,28,29,31). The van der Waals surface area contributed by atoms with Crippen LogP contribution in [-0.2, 0) is 6.54 Å². The van der Waals surface area contributed by atoms with E-state index in [0.29, 0.717) is 38.5 Å². The van der Waals surface area contributed by atoms with Crippen molar-refractivity contribution in [1.82, 2.24) is 15.6 Å². The number of ether oxygens (including phenoxy) is 2. The molecule has 10 heteroatoms. The molecule has 2 aromatic carbocycles. The van der Waals surface area contributed by atoms with Gasteiger partial charge in [-0.2, -0.15) is 0 Å². The molecular weight excluding hydrogens is 467 g/mol. The first-order valence-corrected chi connectivity index (χ1v) is 10.6. The molecule has 0 aliphatic rings. The summed E-state index contributed by atoms with van der Waals surface area (Å²) in [6, 6.07) is 11.5. The number of halogens is 2. The predicted molar refractivity (Wildman–Crippen MR) is 128 cm³/mol. The molecule has 1 aromatic heterocycles. The fourth-order valence-electron chi connectivity index (χ4n) is 2.85. The van der Waals surface area contributed by atoms with Crippen LogP contribution in [0.3, 0.4) is 0 Å². The molecule has 172 valence electrons. The molecule has 0 fully saturated rings. The van der Waals surface area contributed by atoms with Crippen molar-refractivity contribution in [1.29, 1.82) is 0 Å². The number of carbonyl (C=O) groups is 2. The van der Waals surface area contributed by atoms with E-state index in [0.717, 1.165) is 5.56 Å². The molecule has 0 spiro atoms. The molecular formula is C23H22Cl2N4O4. The summed E-state index contributed by atoms with van der Waals surface area (Å²) in [7, 11) is 3.00. The molecule has 0 saturated heterocycles. The minimum atomic E-state index is -0.448. The van der Waals surface area contributed by atoms with Crippen LogP contribution >= 0.6 is 23.2 Å². The first kappa shape index (κ1) is 24.2. The van der Waals surface area contributed by atoms with Crippen LogP contribution in [0.2, 0.25) is 10.0 Å². The summed E-state index contributed by atoms with van der Waals surface area (Å²) < 4.78 is 11.0. The third kappa shape index (κ3) is 6.06. The number of hydrogen-bond donors (Lipinski definition) is 3. The summed E-state index contributed by atoms with van der Waals surface area (Å²) in [6.45, 7) is 2.02. The monoisotopic (exact) mass is 488 g/mol. The summed E-state index contributed by atoms with van der Waals surface area (Å²) in [5.41, 5.74) is 2.09. The van der Waals surface area contributed by atoms with Gasteiger partial charge in [0.05, 0.1) is 12.1 Å². The zero-order chi connectivity index (χ0) is 24.0. The third-order valence-corrected chi connectivity index (χ3v) is 5.54. The summed E-state index contributed by atoms with van der Waals surface area (Å²) in [6.07, 6.45) is 1.50. The predicted octanol–water partition coefficient (Wildman–Crippen LogP) is 5.18. The van der Waals surface area contributed by atoms with Gasteiger partial charge in [-0.25, -0.2) is 4.79 Å². The number of nitrogens with zero attached hydrogens (tertiary/aromatic N) is 1. The van der Waals surface area contributed by atoms with Crippen molar-refractivity contribution >= 4 is 40.8 Å². The van der Waals surface area contributed by atoms with E-state index in [2.05, 4.69) is 20.9 Å². The van der Waals surface area contributed by atoms with Crippen molar-refractivity contribution in [3.63, 3.8) is 0 Å². The van der Waals surface area contributed by atoms with Gasteiger partial charge in [0.2, 0.25) is 0 Å². The highest BCUT2D eigenvalue weighted by atomic mass is 35.5. The highest BCUT2D eigenvalue weighted by Crippen LogP contribution is 2.39. The van der Waals surface area contributed by atoms with Gasteiger partial charge in [-0.15, -0.1) is 0 Å². The average Bonchev–Trinajstić information content (AvgIpc) is 2.83. The number of pyridine rings is 1. The van der Waals surface area contributed by atoms with Crippen molar-refractivity contribution in [3.8, 4) is 17.2 Å². The Kier molecular flexibility index (Phi) is 7.97. The smallest absolute Gasteiger partial charge is 0.319 e. The molecule has 3 aromatic rings. The first-order chi connectivity index (χ1) is 15.8. The molecule has 0 radical (unpaired) electrons. The van der Waals surface area contributed by atoms with E-state index in [1.54, 1.807) is 37.3 Å². The minimum absolute atomic E-state index is 0.259. The SMILES string of the molecule is CNC(=O)c1cc(Oc2ccc(CNC(=O)Nc3c(OC)cc(Cl)c(C)c3Cl)cc2)ccn1. The summed E-state index contributed by atoms with van der Waals surface area (Å²) in [5.74, 6) is 1.12. The summed E-state index contributed by atoms with van der Waals surface area (Å²) in [4.78, 5) is 28.1. The van der Waals surface area contributed by atoms with E-state index >= 15 is 0 Å². The van der Waals surface area contributed by atoms with Crippen LogP contribution in [0.1, 0.15) is 21.6 Å². The molecule has 8 nitrogen and oxygen atoms in total. The molecule has 0 atom stereocenters. The van der Waals surface area contributed by atoms with Crippen LogP contribution in [-0.4, -0.2) is 31.1 Å². The van der Waals surface area contributed by atoms with E-state index in [4.69, 9.17) is 32.7 Å². The van der Waals surface area contributed by atoms with Gasteiger partial charge >= 0.3 is 6.03 Å². The van der Waals surface area contributed by atoms with E-state index in [-0.39, 0.29) is 18.1 Å². The number of benzene rings is 2. The largest absolute Gasteiger partial charge is 0.494 e. The Balaban J connectivity index is 1.60. The fourth-order valence-corrected chi connectivity index (χ4v) is 3.34. The van der Waals surface area contributed by atoms with Gasteiger partial charge in [0.1, 0.15) is 28.6 Å². The van der Waals surface area contributed by atoms with Crippen LogP contribution in [0.5, 0.6) is 17.2 Å². The number of rotatable bonds is 7. The van der Waals surface area contributed by atoms with Crippen LogP contribution in [0.15, 0.2) is 48.7 Å². The van der Waals surface area contributed by atoms with E-state index in [9.17, 15) is 9.59 Å². The normalized spacial score (nSPS) is 10.3. The fraction of sp³-hybridized carbons (Fsp3) is 0.174. The Morgan fingerprint density at radius 3 is 2.45 bits per heavy atom. The van der Waals surface area contributed by atoms with Gasteiger partial charge in [0, 0.05) is 36.9 Å². The van der Waals surface area contributed by atoms with Crippen LogP contribution in [0.4, 0.5) is 10.5 Å². The minimum Gasteiger partial charge on any atom is -0.494 e. The van der Waals surface area contributed by atoms with Crippen molar-refractivity contribution in [2.75, 3.05) is 19.5 Å². The highest BCUT2D eigenvalue weighted by Gasteiger charge is 2.16. The molecule has 3 amide bonds. The topological polar surface area (TPSA) is 102 Å². The lowest BCUT2D eigenvalue weighted by Crippen LogP contribution is -2.28. The molecule has 33 heavy (non-hydrogen) atoms. The summed E-state index contributed by atoms with van der Waals surface area (Å²) >= 11 is 12.4. The molecule has 1 heterocycles. The number of nitrogens with one attached hydrogen (secondary N) is 3. The molecule has 0 unspecified atom stereocenters. The molecule has 0 saturated carbocycles. The Bertz CT molecular complexity index is 1170. The van der Waals surface area contributed by atoms with E-state index in [1.165, 1.54) is 20.4 Å². The van der Waals surface area contributed by atoms with Crippen LogP contribution in [0.25, 0.3) is 0 Å². The Labute approximate surface area is 201 Å². The Hall–Kier alpha value is -3.49. The molecule has 0 aliphatic carbocycles. The Morgan fingerprint density at radius 1 is 1.06 bits per heavy atom. The average molecular weight is 489 g/mol. The van der Waals surface area contributed by atoms with Gasteiger partial charge < -0.3 is 25.4 Å².